The van der Waals surface area contributed by atoms with E-state index in [1.54, 1.807) is 0 Å². The summed E-state index contributed by atoms with van der Waals surface area (Å²) in [4.78, 5) is 25.3. The zero-order valence-corrected chi connectivity index (χ0v) is 11.8. The number of aromatic nitrogens is 2. The second-order valence-corrected chi connectivity index (χ2v) is 6.22. The molecule has 1 aliphatic rings. The average molecular weight is 304 g/mol. The highest BCUT2D eigenvalue weighted by molar-refractivity contribution is 7.85. The topological polar surface area (TPSA) is 122 Å². The Morgan fingerprint density at radius 2 is 2.15 bits per heavy atom. The summed E-state index contributed by atoms with van der Waals surface area (Å²) >= 11 is 0. The van der Waals surface area contributed by atoms with Crippen molar-refractivity contribution in [1.82, 2.24) is 9.55 Å². The molecule has 1 unspecified atom stereocenters. The van der Waals surface area contributed by atoms with Gasteiger partial charge < -0.3 is 14.9 Å². The number of H-pyrrole nitrogens is 1. The van der Waals surface area contributed by atoms with Crippen LogP contribution in [0.3, 0.4) is 0 Å². The molecule has 5 atom stereocenters. The van der Waals surface area contributed by atoms with Crippen molar-refractivity contribution in [2.24, 2.45) is 0 Å². The second kappa shape index (κ2) is 5.60. The van der Waals surface area contributed by atoms with Crippen LogP contribution in [0.5, 0.6) is 0 Å². The molecule has 0 aliphatic carbocycles. The first kappa shape index (κ1) is 15.1. The fraction of sp³-hybridized carbons (Fsp3) is 0.636. The van der Waals surface area contributed by atoms with Gasteiger partial charge in [0.25, 0.3) is 5.56 Å². The molecule has 112 valence electrons. The number of aliphatic hydroxyl groups is 2. The first-order chi connectivity index (χ1) is 9.36. The average Bonchev–Trinajstić information content (AvgIpc) is 2.70. The van der Waals surface area contributed by atoms with Crippen LogP contribution < -0.4 is 11.2 Å². The summed E-state index contributed by atoms with van der Waals surface area (Å²) in [6, 6.07) is 0. The zero-order valence-electron chi connectivity index (χ0n) is 11.0. The fourth-order valence-corrected chi connectivity index (χ4v) is 3.32. The number of aromatic amines is 1. The predicted octanol–water partition coefficient (Wildman–Crippen LogP) is -2.16. The SMILES string of the molecule is Cc1cn([C@@H]2O[C@H](CO)[C@@H](O)[C@H]2S(C)=O)c(=O)[nH]c1=O. The third-order valence-electron chi connectivity index (χ3n) is 3.30. The lowest BCUT2D eigenvalue weighted by Gasteiger charge is -2.20. The lowest BCUT2D eigenvalue weighted by molar-refractivity contribution is -0.0458. The number of aryl methyl sites for hydroxylation is 1. The molecular weight excluding hydrogens is 288 g/mol. The van der Waals surface area contributed by atoms with Crippen molar-refractivity contribution >= 4 is 10.8 Å². The van der Waals surface area contributed by atoms with E-state index in [1.807, 2.05) is 0 Å². The highest BCUT2D eigenvalue weighted by atomic mass is 32.2. The Morgan fingerprint density at radius 1 is 1.50 bits per heavy atom. The van der Waals surface area contributed by atoms with Crippen molar-refractivity contribution in [3.63, 3.8) is 0 Å². The van der Waals surface area contributed by atoms with Gasteiger partial charge >= 0.3 is 5.69 Å². The number of nitrogens with zero attached hydrogens (tertiary/aromatic N) is 1. The first-order valence-electron chi connectivity index (χ1n) is 5.95. The molecule has 0 radical (unpaired) electrons. The molecule has 0 saturated carbocycles. The van der Waals surface area contributed by atoms with Crippen LogP contribution in [0.4, 0.5) is 0 Å². The van der Waals surface area contributed by atoms with Gasteiger partial charge in [-0.25, -0.2) is 4.79 Å². The molecule has 2 heterocycles. The molecule has 2 rings (SSSR count). The fourth-order valence-electron chi connectivity index (χ4n) is 2.23. The van der Waals surface area contributed by atoms with Gasteiger partial charge in [-0.05, 0) is 6.92 Å². The Kier molecular flexibility index (Phi) is 4.23. The molecule has 9 heteroatoms. The van der Waals surface area contributed by atoms with Crippen LogP contribution in [-0.4, -0.2) is 54.3 Å². The minimum absolute atomic E-state index is 0.288. The highest BCUT2D eigenvalue weighted by Crippen LogP contribution is 2.31. The van der Waals surface area contributed by atoms with Gasteiger partial charge in [0.2, 0.25) is 0 Å². The molecule has 8 nitrogen and oxygen atoms in total. The minimum Gasteiger partial charge on any atom is -0.394 e. The second-order valence-electron chi connectivity index (χ2n) is 4.68. The monoisotopic (exact) mass is 304 g/mol. The Bertz CT molecular complexity index is 639. The van der Waals surface area contributed by atoms with Gasteiger partial charge in [-0.2, -0.15) is 0 Å². The number of aliphatic hydroxyl groups excluding tert-OH is 2. The van der Waals surface area contributed by atoms with E-state index in [0.717, 1.165) is 4.57 Å². The van der Waals surface area contributed by atoms with Gasteiger partial charge in [0.15, 0.2) is 6.23 Å². The molecule has 0 bridgehead atoms. The molecule has 20 heavy (non-hydrogen) atoms. The van der Waals surface area contributed by atoms with Gasteiger partial charge in [-0.15, -0.1) is 0 Å². The van der Waals surface area contributed by atoms with Crippen molar-refractivity contribution in [2.45, 2.75) is 30.6 Å². The molecule has 0 spiro atoms. The van der Waals surface area contributed by atoms with Gasteiger partial charge in [0.1, 0.15) is 17.5 Å². The van der Waals surface area contributed by atoms with E-state index in [1.165, 1.54) is 19.4 Å². The number of ether oxygens (including phenoxy) is 1. The maximum Gasteiger partial charge on any atom is 0.330 e. The number of rotatable bonds is 3. The smallest absolute Gasteiger partial charge is 0.330 e. The molecule has 1 aromatic heterocycles. The summed E-state index contributed by atoms with van der Waals surface area (Å²) in [5, 5.41) is 18.3. The third kappa shape index (κ3) is 2.49. The zero-order chi connectivity index (χ0) is 15.0. The van der Waals surface area contributed by atoms with Gasteiger partial charge in [-0.1, -0.05) is 0 Å². The van der Waals surface area contributed by atoms with Crippen LogP contribution in [0.2, 0.25) is 0 Å². The number of hydrogen-bond acceptors (Lipinski definition) is 6. The Labute approximate surface area is 116 Å². The summed E-state index contributed by atoms with van der Waals surface area (Å²) in [5.41, 5.74) is -0.944. The van der Waals surface area contributed by atoms with E-state index in [9.17, 15) is 18.9 Å². The predicted molar refractivity (Wildman–Crippen MR) is 70.9 cm³/mol. The molecular formula is C11H16N2O6S. The van der Waals surface area contributed by atoms with E-state index >= 15 is 0 Å². The van der Waals surface area contributed by atoms with Crippen LogP contribution in [0.15, 0.2) is 15.8 Å². The van der Waals surface area contributed by atoms with Crippen molar-refractivity contribution < 1.29 is 19.2 Å². The number of nitrogens with one attached hydrogen (secondary N) is 1. The maximum atomic E-state index is 11.8. The molecule has 1 aliphatic heterocycles. The normalized spacial score (nSPS) is 31.4. The quantitative estimate of drug-likeness (QED) is 0.585. The molecule has 0 aromatic carbocycles. The molecule has 1 fully saturated rings. The van der Waals surface area contributed by atoms with Crippen LogP contribution >= 0.6 is 0 Å². The van der Waals surface area contributed by atoms with Crippen molar-refractivity contribution in [3.8, 4) is 0 Å². The maximum absolute atomic E-state index is 11.8. The van der Waals surface area contributed by atoms with E-state index < -0.39 is 52.3 Å². The van der Waals surface area contributed by atoms with Crippen molar-refractivity contribution in [2.75, 3.05) is 12.9 Å². The van der Waals surface area contributed by atoms with Crippen LogP contribution in [0.25, 0.3) is 0 Å². The van der Waals surface area contributed by atoms with Gasteiger partial charge in [0, 0.05) is 28.8 Å². The summed E-state index contributed by atoms with van der Waals surface area (Å²) in [6.45, 7) is 1.06. The number of hydrogen-bond donors (Lipinski definition) is 3. The Morgan fingerprint density at radius 3 is 2.70 bits per heavy atom. The summed E-state index contributed by atoms with van der Waals surface area (Å²) in [5.74, 6) is 0. The van der Waals surface area contributed by atoms with Gasteiger partial charge in [-0.3, -0.25) is 18.6 Å². The first-order valence-corrected chi connectivity index (χ1v) is 7.57. The van der Waals surface area contributed by atoms with Crippen LogP contribution in [0.1, 0.15) is 11.8 Å². The highest BCUT2D eigenvalue weighted by Gasteiger charge is 2.47. The van der Waals surface area contributed by atoms with E-state index in [0.29, 0.717) is 0 Å². The lowest BCUT2D eigenvalue weighted by Crippen LogP contribution is -2.40. The molecule has 1 saturated heterocycles. The largest absolute Gasteiger partial charge is 0.394 e. The van der Waals surface area contributed by atoms with E-state index in [-0.39, 0.29) is 5.56 Å². The minimum atomic E-state index is -1.48. The van der Waals surface area contributed by atoms with E-state index in [4.69, 9.17) is 9.84 Å². The van der Waals surface area contributed by atoms with Crippen molar-refractivity contribution in [3.05, 3.63) is 32.6 Å². The Hall–Kier alpha value is -1.29. The Balaban J connectivity index is 2.50. The molecule has 1 aromatic rings. The van der Waals surface area contributed by atoms with E-state index in [2.05, 4.69) is 4.98 Å². The molecule has 0 amide bonds. The molecule has 3 N–H and O–H groups in total. The lowest BCUT2D eigenvalue weighted by atomic mass is 10.2. The summed E-state index contributed by atoms with van der Waals surface area (Å²) < 4.78 is 18.3. The summed E-state index contributed by atoms with van der Waals surface area (Å²) in [7, 11) is -1.48. The van der Waals surface area contributed by atoms with Crippen molar-refractivity contribution in [1.29, 1.82) is 0 Å². The standard InChI is InChI=1S/C11H16N2O6S/c1-5-3-13(11(17)12-9(5)16)10-8(20(2)18)7(15)6(4-14)19-10/h3,6-8,10,14-15H,4H2,1-2H3,(H,12,16,17)/t6-,7-,8-,10-,20?/m1/s1. The van der Waals surface area contributed by atoms with Gasteiger partial charge in [0.05, 0.1) is 6.61 Å². The van der Waals surface area contributed by atoms with Crippen LogP contribution in [-0.2, 0) is 15.5 Å². The van der Waals surface area contributed by atoms with Crippen LogP contribution in [0, 0.1) is 6.92 Å². The summed E-state index contributed by atoms with van der Waals surface area (Å²) in [6.07, 6.45) is -0.412. The third-order valence-corrected chi connectivity index (χ3v) is 4.57.